The van der Waals surface area contributed by atoms with Crippen molar-refractivity contribution in [1.82, 2.24) is 0 Å². The zero-order valence-electron chi connectivity index (χ0n) is 12.8. The predicted octanol–water partition coefficient (Wildman–Crippen LogP) is 3.02. The van der Waals surface area contributed by atoms with E-state index in [1.165, 1.54) is 31.4 Å². The number of sulfonamides is 1. The first kappa shape index (κ1) is 18.1. The number of para-hydroxylation sites is 2. The summed E-state index contributed by atoms with van der Waals surface area (Å²) in [6.07, 6.45) is -0.342. The van der Waals surface area contributed by atoms with E-state index in [0.717, 1.165) is 4.31 Å². The smallest absolute Gasteiger partial charge is 0.305 e. The highest BCUT2D eigenvalue weighted by Gasteiger charge is 2.27. The molecule has 0 aliphatic rings. The Kier molecular flexibility index (Phi) is 5.69. The van der Waals surface area contributed by atoms with E-state index in [2.05, 4.69) is 0 Å². The molecule has 0 saturated carbocycles. The molecule has 0 amide bonds. The maximum atomic E-state index is 13.0. The van der Waals surface area contributed by atoms with Gasteiger partial charge in [-0.15, -0.1) is 0 Å². The molecular formula is C16H16ClNO5S. The van der Waals surface area contributed by atoms with Crippen LogP contribution in [0.1, 0.15) is 6.42 Å². The van der Waals surface area contributed by atoms with E-state index < -0.39 is 16.0 Å². The molecule has 0 aliphatic heterocycles. The molecule has 0 fully saturated rings. The summed E-state index contributed by atoms with van der Waals surface area (Å²) in [5, 5.41) is 9.34. The number of aliphatic carboxylic acids is 1. The molecule has 0 radical (unpaired) electrons. The Hall–Kier alpha value is -2.25. The molecule has 128 valence electrons. The molecule has 1 N–H and O–H groups in total. The molecule has 2 rings (SSSR count). The van der Waals surface area contributed by atoms with Gasteiger partial charge < -0.3 is 9.84 Å². The zero-order valence-corrected chi connectivity index (χ0v) is 14.4. The van der Waals surface area contributed by atoms with Crippen LogP contribution in [0.5, 0.6) is 5.75 Å². The average molecular weight is 370 g/mol. The van der Waals surface area contributed by atoms with Crippen LogP contribution < -0.4 is 9.04 Å². The minimum atomic E-state index is -3.97. The van der Waals surface area contributed by atoms with Gasteiger partial charge in [0.05, 0.1) is 24.1 Å². The van der Waals surface area contributed by atoms with Crippen LogP contribution in [-0.2, 0) is 14.8 Å². The van der Waals surface area contributed by atoms with Crippen molar-refractivity contribution in [3.63, 3.8) is 0 Å². The fraction of sp³-hybridized carbons (Fsp3) is 0.188. The second-order valence-electron chi connectivity index (χ2n) is 4.85. The summed E-state index contributed by atoms with van der Waals surface area (Å²) in [5.41, 5.74) is 0.274. The molecule has 2 aromatic carbocycles. The van der Waals surface area contributed by atoms with Gasteiger partial charge in [-0.2, -0.15) is 0 Å². The van der Waals surface area contributed by atoms with Crippen LogP contribution in [0, 0.1) is 0 Å². The lowest BCUT2D eigenvalue weighted by Crippen LogP contribution is -2.33. The van der Waals surface area contributed by atoms with Gasteiger partial charge in [-0.3, -0.25) is 9.10 Å². The molecule has 0 aromatic heterocycles. The highest BCUT2D eigenvalue weighted by atomic mass is 35.5. The summed E-state index contributed by atoms with van der Waals surface area (Å²) < 4.78 is 32.2. The standard InChI is InChI=1S/C16H16ClNO5S/c1-23-15-5-3-2-4-14(15)18(11-10-16(19)20)24(21,22)13-8-6-12(17)7-9-13/h2-9H,10-11H2,1H3,(H,19,20). The zero-order chi connectivity index (χ0) is 17.7. The van der Waals surface area contributed by atoms with Crippen LogP contribution in [0.4, 0.5) is 5.69 Å². The van der Waals surface area contributed by atoms with Crippen molar-refractivity contribution in [1.29, 1.82) is 0 Å². The second-order valence-corrected chi connectivity index (χ2v) is 7.15. The summed E-state index contributed by atoms with van der Waals surface area (Å²) in [6, 6.07) is 12.2. The molecule has 0 heterocycles. The Bertz CT molecular complexity index is 821. The topological polar surface area (TPSA) is 83.9 Å². The lowest BCUT2D eigenvalue weighted by molar-refractivity contribution is -0.136. The lowest BCUT2D eigenvalue weighted by atomic mass is 10.3. The largest absolute Gasteiger partial charge is 0.495 e. The van der Waals surface area contributed by atoms with Gasteiger partial charge in [-0.1, -0.05) is 23.7 Å². The molecule has 0 saturated heterocycles. The first-order chi connectivity index (χ1) is 11.4. The van der Waals surface area contributed by atoms with Crippen molar-refractivity contribution in [2.45, 2.75) is 11.3 Å². The number of benzene rings is 2. The number of rotatable bonds is 7. The number of hydrogen-bond donors (Lipinski definition) is 1. The van der Waals surface area contributed by atoms with Gasteiger partial charge in [-0.25, -0.2) is 8.42 Å². The minimum Gasteiger partial charge on any atom is -0.495 e. The third-order valence-electron chi connectivity index (χ3n) is 3.28. The quantitative estimate of drug-likeness (QED) is 0.811. The number of methoxy groups -OCH3 is 1. The van der Waals surface area contributed by atoms with E-state index in [9.17, 15) is 13.2 Å². The number of carbonyl (C=O) groups is 1. The number of ether oxygens (including phenoxy) is 1. The van der Waals surface area contributed by atoms with Crippen molar-refractivity contribution in [2.75, 3.05) is 18.0 Å². The summed E-state index contributed by atoms with van der Waals surface area (Å²) in [7, 11) is -2.55. The second kappa shape index (κ2) is 7.55. The van der Waals surface area contributed by atoms with Crippen LogP contribution in [0.15, 0.2) is 53.4 Å². The Labute approximate surface area is 145 Å². The van der Waals surface area contributed by atoms with Gasteiger partial charge in [0.15, 0.2) is 0 Å². The Morgan fingerprint density at radius 2 is 1.79 bits per heavy atom. The lowest BCUT2D eigenvalue weighted by Gasteiger charge is -2.25. The molecule has 2 aromatic rings. The number of carboxylic acid groups (broad SMARTS) is 1. The molecule has 0 aliphatic carbocycles. The van der Waals surface area contributed by atoms with E-state index in [0.29, 0.717) is 10.8 Å². The van der Waals surface area contributed by atoms with Crippen molar-refractivity contribution in [3.05, 3.63) is 53.6 Å². The van der Waals surface area contributed by atoms with Crippen LogP contribution in [0.3, 0.4) is 0 Å². The summed E-state index contributed by atoms with van der Waals surface area (Å²) in [4.78, 5) is 10.9. The first-order valence-corrected chi connectivity index (χ1v) is 8.81. The van der Waals surface area contributed by atoms with Crippen LogP contribution in [0.25, 0.3) is 0 Å². The van der Waals surface area contributed by atoms with Crippen molar-refractivity contribution in [2.24, 2.45) is 0 Å². The summed E-state index contributed by atoms with van der Waals surface area (Å²) in [5.74, 6) is -0.762. The SMILES string of the molecule is COc1ccccc1N(CCC(=O)O)S(=O)(=O)c1ccc(Cl)cc1. The van der Waals surface area contributed by atoms with E-state index >= 15 is 0 Å². The van der Waals surface area contributed by atoms with Crippen molar-refractivity contribution in [3.8, 4) is 5.75 Å². The minimum absolute atomic E-state index is 0.0168. The molecule has 0 spiro atoms. The Morgan fingerprint density at radius 3 is 2.38 bits per heavy atom. The summed E-state index contributed by atoms with van der Waals surface area (Å²) in [6.45, 7) is -0.222. The number of nitrogens with zero attached hydrogens (tertiary/aromatic N) is 1. The Balaban J connectivity index is 2.52. The third kappa shape index (κ3) is 3.98. The summed E-state index contributed by atoms with van der Waals surface area (Å²) >= 11 is 5.80. The predicted molar refractivity (Wildman–Crippen MR) is 91.2 cm³/mol. The van der Waals surface area contributed by atoms with E-state index in [1.54, 1.807) is 24.3 Å². The molecule has 0 atom stereocenters. The van der Waals surface area contributed by atoms with Gasteiger partial charge in [0.1, 0.15) is 5.75 Å². The normalized spacial score (nSPS) is 11.1. The molecule has 24 heavy (non-hydrogen) atoms. The fourth-order valence-electron chi connectivity index (χ4n) is 2.14. The van der Waals surface area contributed by atoms with Gasteiger partial charge >= 0.3 is 5.97 Å². The van der Waals surface area contributed by atoms with Gasteiger partial charge in [0.2, 0.25) is 0 Å². The van der Waals surface area contributed by atoms with Crippen LogP contribution >= 0.6 is 11.6 Å². The fourth-order valence-corrected chi connectivity index (χ4v) is 3.74. The van der Waals surface area contributed by atoms with Crippen molar-refractivity contribution < 1.29 is 23.1 Å². The van der Waals surface area contributed by atoms with Crippen LogP contribution in [0.2, 0.25) is 5.02 Å². The molecule has 0 bridgehead atoms. The highest BCUT2D eigenvalue weighted by Crippen LogP contribution is 2.32. The maximum Gasteiger partial charge on any atom is 0.305 e. The van der Waals surface area contributed by atoms with E-state index in [-0.39, 0.29) is 23.5 Å². The number of hydrogen-bond acceptors (Lipinski definition) is 4. The molecule has 0 unspecified atom stereocenters. The maximum absolute atomic E-state index is 13.0. The van der Waals surface area contributed by atoms with Gasteiger partial charge in [0.25, 0.3) is 10.0 Å². The monoisotopic (exact) mass is 369 g/mol. The van der Waals surface area contributed by atoms with E-state index in [1.807, 2.05) is 0 Å². The first-order valence-electron chi connectivity index (χ1n) is 6.99. The molecule has 8 heteroatoms. The third-order valence-corrected chi connectivity index (χ3v) is 5.36. The number of carboxylic acids is 1. The van der Waals surface area contributed by atoms with Gasteiger partial charge in [0, 0.05) is 11.6 Å². The number of anilines is 1. The number of halogens is 1. The molecular weight excluding hydrogens is 354 g/mol. The van der Waals surface area contributed by atoms with Gasteiger partial charge in [-0.05, 0) is 36.4 Å². The average Bonchev–Trinajstić information content (AvgIpc) is 2.55. The highest BCUT2D eigenvalue weighted by molar-refractivity contribution is 7.92. The van der Waals surface area contributed by atoms with E-state index in [4.69, 9.17) is 21.4 Å². The molecule has 6 nitrogen and oxygen atoms in total. The van der Waals surface area contributed by atoms with Crippen LogP contribution in [-0.4, -0.2) is 33.1 Å². The van der Waals surface area contributed by atoms with Crippen molar-refractivity contribution >= 4 is 33.3 Å². The Morgan fingerprint density at radius 1 is 1.17 bits per heavy atom.